The van der Waals surface area contributed by atoms with Gasteiger partial charge in [0.1, 0.15) is 11.6 Å². The van der Waals surface area contributed by atoms with E-state index in [0.29, 0.717) is 11.6 Å². The molecule has 2 N–H and O–H groups in total. The highest BCUT2D eigenvalue weighted by atomic mass is 16.5. The van der Waals surface area contributed by atoms with Gasteiger partial charge < -0.3 is 15.2 Å². The average Bonchev–Trinajstić information content (AvgIpc) is 2.62. The van der Waals surface area contributed by atoms with Crippen molar-refractivity contribution < 1.29 is 14.6 Å². The topological polar surface area (TPSA) is 84.3 Å². The molecule has 0 aliphatic carbocycles. The molecule has 0 bridgehead atoms. The lowest BCUT2D eigenvalue weighted by Gasteiger charge is -2.08. The van der Waals surface area contributed by atoms with Gasteiger partial charge in [-0.25, -0.2) is 14.8 Å². The van der Waals surface area contributed by atoms with E-state index < -0.39 is 5.97 Å². The molecule has 120 valence electrons. The van der Waals surface area contributed by atoms with E-state index >= 15 is 0 Å². The number of carboxylic acids is 1. The van der Waals surface area contributed by atoms with Crippen molar-refractivity contribution in [3.05, 3.63) is 66.4 Å². The molecule has 6 nitrogen and oxygen atoms in total. The molecule has 3 aromatic rings. The van der Waals surface area contributed by atoms with Crippen LogP contribution in [0.3, 0.4) is 0 Å². The van der Waals surface area contributed by atoms with Crippen molar-refractivity contribution in [3.8, 4) is 17.1 Å². The summed E-state index contributed by atoms with van der Waals surface area (Å²) in [5.41, 5.74) is 1.83. The van der Waals surface area contributed by atoms with Crippen LogP contribution in [0.25, 0.3) is 11.4 Å². The first kappa shape index (κ1) is 15.5. The van der Waals surface area contributed by atoms with E-state index in [4.69, 9.17) is 9.84 Å². The molecule has 24 heavy (non-hydrogen) atoms. The van der Waals surface area contributed by atoms with Gasteiger partial charge in [0, 0.05) is 17.4 Å². The number of carbonyl (C=O) groups is 1. The summed E-state index contributed by atoms with van der Waals surface area (Å²) < 4.78 is 5.21. The fourth-order valence-corrected chi connectivity index (χ4v) is 2.17. The molecule has 0 aliphatic heterocycles. The summed E-state index contributed by atoms with van der Waals surface area (Å²) in [5, 5.41) is 12.1. The molecule has 0 saturated heterocycles. The number of carboxylic acid groups (broad SMARTS) is 1. The van der Waals surface area contributed by atoms with Crippen molar-refractivity contribution in [1.82, 2.24) is 9.97 Å². The number of methoxy groups -OCH3 is 1. The summed E-state index contributed by atoms with van der Waals surface area (Å²) in [7, 11) is 1.61. The van der Waals surface area contributed by atoms with E-state index in [-0.39, 0.29) is 5.56 Å². The highest BCUT2D eigenvalue weighted by molar-refractivity contribution is 5.88. The highest BCUT2D eigenvalue weighted by Gasteiger charge is 2.06. The summed E-state index contributed by atoms with van der Waals surface area (Å²) in [6.07, 6.45) is 1.66. The Morgan fingerprint density at radius 2 is 1.92 bits per heavy atom. The van der Waals surface area contributed by atoms with Crippen molar-refractivity contribution in [2.24, 2.45) is 0 Å². The van der Waals surface area contributed by atoms with Gasteiger partial charge in [-0.1, -0.05) is 12.1 Å². The summed E-state index contributed by atoms with van der Waals surface area (Å²) >= 11 is 0. The van der Waals surface area contributed by atoms with Crippen LogP contribution in [0.5, 0.6) is 5.75 Å². The summed E-state index contributed by atoms with van der Waals surface area (Å²) in [6.45, 7) is 0. The monoisotopic (exact) mass is 321 g/mol. The second-order valence-corrected chi connectivity index (χ2v) is 5.00. The Hall–Kier alpha value is -3.41. The lowest BCUT2D eigenvalue weighted by atomic mass is 10.2. The molecule has 0 aliphatic rings. The minimum atomic E-state index is -0.955. The average molecular weight is 321 g/mol. The Kier molecular flexibility index (Phi) is 4.38. The van der Waals surface area contributed by atoms with Gasteiger partial charge in [-0.05, 0) is 42.5 Å². The number of ether oxygens (including phenoxy) is 1. The summed E-state index contributed by atoms with van der Waals surface area (Å²) in [5.74, 6) is 0.967. The SMILES string of the molecule is COc1cccc(-c2nccc(Nc3ccc(C(=O)O)cc3)n2)c1. The first-order chi connectivity index (χ1) is 11.7. The van der Waals surface area contributed by atoms with Gasteiger partial charge in [0.25, 0.3) is 0 Å². The number of rotatable bonds is 5. The molecular weight excluding hydrogens is 306 g/mol. The first-order valence-corrected chi connectivity index (χ1v) is 7.23. The molecule has 0 unspecified atom stereocenters. The minimum absolute atomic E-state index is 0.236. The molecular formula is C18H15N3O3. The molecule has 0 amide bonds. The van der Waals surface area contributed by atoms with Gasteiger partial charge >= 0.3 is 5.97 Å². The van der Waals surface area contributed by atoms with Crippen molar-refractivity contribution in [1.29, 1.82) is 0 Å². The molecule has 2 aromatic carbocycles. The molecule has 0 saturated carbocycles. The Balaban J connectivity index is 1.83. The van der Waals surface area contributed by atoms with Crippen LogP contribution >= 0.6 is 0 Å². The highest BCUT2D eigenvalue weighted by Crippen LogP contribution is 2.22. The van der Waals surface area contributed by atoms with E-state index in [1.54, 1.807) is 31.5 Å². The summed E-state index contributed by atoms with van der Waals surface area (Å²) in [4.78, 5) is 19.6. The Bertz CT molecular complexity index is 863. The fourth-order valence-electron chi connectivity index (χ4n) is 2.17. The standard InChI is InChI=1S/C18H15N3O3/c1-24-15-4-2-3-13(11-15)17-19-10-9-16(21-17)20-14-7-5-12(6-8-14)18(22)23/h2-11H,1H3,(H,22,23)(H,19,20,21). The second kappa shape index (κ2) is 6.78. The van der Waals surface area contributed by atoms with E-state index in [0.717, 1.165) is 17.0 Å². The molecule has 3 rings (SSSR count). The van der Waals surface area contributed by atoms with Gasteiger partial charge in [0.2, 0.25) is 0 Å². The van der Waals surface area contributed by atoms with Gasteiger partial charge in [0.05, 0.1) is 12.7 Å². The van der Waals surface area contributed by atoms with E-state index in [9.17, 15) is 4.79 Å². The zero-order valence-corrected chi connectivity index (χ0v) is 12.9. The number of aromatic carboxylic acids is 1. The van der Waals surface area contributed by atoms with E-state index in [2.05, 4.69) is 15.3 Å². The maximum absolute atomic E-state index is 10.9. The predicted octanol–water partition coefficient (Wildman–Crippen LogP) is 3.59. The van der Waals surface area contributed by atoms with Crippen molar-refractivity contribution in [3.63, 3.8) is 0 Å². The van der Waals surface area contributed by atoms with Crippen LogP contribution in [0.15, 0.2) is 60.8 Å². The second-order valence-electron chi connectivity index (χ2n) is 5.00. The van der Waals surface area contributed by atoms with Gasteiger partial charge in [0.15, 0.2) is 5.82 Å². The molecule has 1 aromatic heterocycles. The van der Waals surface area contributed by atoms with E-state index in [1.165, 1.54) is 12.1 Å². The van der Waals surface area contributed by atoms with Crippen molar-refractivity contribution >= 4 is 17.5 Å². The number of benzene rings is 2. The van der Waals surface area contributed by atoms with Crippen LogP contribution in [0.2, 0.25) is 0 Å². The molecule has 1 heterocycles. The third-order valence-electron chi connectivity index (χ3n) is 3.39. The zero-order chi connectivity index (χ0) is 16.9. The van der Waals surface area contributed by atoms with E-state index in [1.807, 2.05) is 24.3 Å². The first-order valence-electron chi connectivity index (χ1n) is 7.23. The van der Waals surface area contributed by atoms with Gasteiger partial charge in [-0.2, -0.15) is 0 Å². The Morgan fingerprint density at radius 1 is 1.12 bits per heavy atom. The number of hydrogen-bond acceptors (Lipinski definition) is 5. The molecule has 0 atom stereocenters. The molecule has 6 heteroatoms. The lowest BCUT2D eigenvalue weighted by molar-refractivity contribution is 0.0697. The molecule has 0 fully saturated rings. The number of nitrogens with zero attached hydrogens (tertiary/aromatic N) is 2. The van der Waals surface area contributed by atoms with Gasteiger partial charge in [-0.3, -0.25) is 0 Å². The van der Waals surface area contributed by atoms with Crippen LogP contribution in [-0.2, 0) is 0 Å². The minimum Gasteiger partial charge on any atom is -0.497 e. The van der Waals surface area contributed by atoms with Crippen LogP contribution in [0, 0.1) is 0 Å². The molecule has 0 spiro atoms. The molecule has 0 radical (unpaired) electrons. The maximum atomic E-state index is 10.9. The quantitative estimate of drug-likeness (QED) is 0.747. The zero-order valence-electron chi connectivity index (χ0n) is 12.9. The third-order valence-corrected chi connectivity index (χ3v) is 3.39. The summed E-state index contributed by atoms with van der Waals surface area (Å²) in [6, 6.07) is 15.7. The van der Waals surface area contributed by atoms with Gasteiger partial charge in [-0.15, -0.1) is 0 Å². The largest absolute Gasteiger partial charge is 0.497 e. The van der Waals surface area contributed by atoms with Crippen LogP contribution < -0.4 is 10.1 Å². The number of hydrogen-bond donors (Lipinski definition) is 2. The van der Waals surface area contributed by atoms with Crippen LogP contribution in [0.4, 0.5) is 11.5 Å². The van der Waals surface area contributed by atoms with Crippen LogP contribution in [0.1, 0.15) is 10.4 Å². The fraction of sp³-hybridized carbons (Fsp3) is 0.0556. The maximum Gasteiger partial charge on any atom is 0.335 e. The number of anilines is 2. The third kappa shape index (κ3) is 3.49. The Morgan fingerprint density at radius 3 is 2.62 bits per heavy atom. The normalized spacial score (nSPS) is 10.2. The smallest absolute Gasteiger partial charge is 0.335 e. The van der Waals surface area contributed by atoms with Crippen LogP contribution in [-0.4, -0.2) is 28.2 Å². The Labute approximate surface area is 138 Å². The van der Waals surface area contributed by atoms with Crippen molar-refractivity contribution in [2.75, 3.05) is 12.4 Å². The number of nitrogens with one attached hydrogen (secondary N) is 1. The van der Waals surface area contributed by atoms with Crippen molar-refractivity contribution in [2.45, 2.75) is 0 Å². The number of aromatic nitrogens is 2. The lowest BCUT2D eigenvalue weighted by Crippen LogP contribution is -1.99. The predicted molar refractivity (Wildman–Crippen MR) is 90.7 cm³/mol.